The zero-order valence-corrected chi connectivity index (χ0v) is 24.1. The third kappa shape index (κ3) is 4.63. The number of aliphatic hydroxyl groups is 1. The maximum atomic E-state index is 14.3. The van der Waals surface area contributed by atoms with Crippen LogP contribution in [0.3, 0.4) is 0 Å². The number of nitrogens with zero attached hydrogens (tertiary/aromatic N) is 4. The fraction of sp³-hybridized carbons (Fsp3) is 0.367. The fourth-order valence-corrected chi connectivity index (χ4v) is 6.95. The predicted molar refractivity (Wildman–Crippen MR) is 155 cm³/mol. The molecule has 10 nitrogen and oxygen atoms in total. The van der Waals surface area contributed by atoms with Crippen molar-refractivity contribution in [3.05, 3.63) is 69.9 Å². The summed E-state index contributed by atoms with van der Waals surface area (Å²) in [5, 5.41) is 11.3. The van der Waals surface area contributed by atoms with Crippen molar-refractivity contribution >= 4 is 39.0 Å². The van der Waals surface area contributed by atoms with Crippen LogP contribution in [0.1, 0.15) is 33.4 Å². The third-order valence-electron chi connectivity index (χ3n) is 7.85. The van der Waals surface area contributed by atoms with E-state index in [4.69, 9.17) is 19.2 Å². The number of aryl methyl sites for hydroxylation is 1. The van der Waals surface area contributed by atoms with Crippen molar-refractivity contribution in [2.24, 2.45) is 0 Å². The maximum Gasteiger partial charge on any atom is 0.290 e. The second-order valence-corrected chi connectivity index (χ2v) is 11.1. The standard InChI is InChI=1S/C30H32N4O6S/c1-18-28(41-30-31-20-9-4-5-10-21(20)34(18)30)25(35)23-24(19-8-6-11-22(38-2)27(19)39-3)33(29(37)26(23)36)13-7-12-32-14-16-40-17-15-32/h4-6,8-11,24,36H,7,12-17H2,1-3H3. The number of imidazole rings is 1. The van der Waals surface area contributed by atoms with Gasteiger partial charge >= 0.3 is 0 Å². The first kappa shape index (κ1) is 27.3. The first-order chi connectivity index (χ1) is 19.9. The summed E-state index contributed by atoms with van der Waals surface area (Å²) in [6.45, 7) is 6.02. The van der Waals surface area contributed by atoms with Crippen molar-refractivity contribution in [1.29, 1.82) is 0 Å². The molecule has 1 saturated heterocycles. The Morgan fingerprint density at radius 2 is 1.88 bits per heavy atom. The molecule has 41 heavy (non-hydrogen) atoms. The lowest BCUT2D eigenvalue weighted by Crippen LogP contribution is -2.39. The number of hydrogen-bond acceptors (Lipinski definition) is 9. The van der Waals surface area contributed by atoms with Gasteiger partial charge in [0.2, 0.25) is 5.78 Å². The molecule has 6 rings (SSSR count). The number of morpholine rings is 1. The SMILES string of the molecule is COc1cccc(C2C(C(=O)c3sc4nc5ccccc5n4c3C)=C(O)C(=O)N2CCCN2CCOCC2)c1OC. The molecule has 2 aromatic carbocycles. The number of carbonyl (C=O) groups excluding carboxylic acids is 2. The Hall–Kier alpha value is -3.93. The zero-order valence-electron chi connectivity index (χ0n) is 23.3. The number of thiazole rings is 1. The van der Waals surface area contributed by atoms with Gasteiger partial charge in [-0.3, -0.25) is 18.9 Å². The van der Waals surface area contributed by atoms with E-state index in [1.54, 1.807) is 17.0 Å². The van der Waals surface area contributed by atoms with E-state index in [-0.39, 0.29) is 5.57 Å². The number of fused-ring (bicyclic) bond motifs is 3. The molecule has 0 saturated carbocycles. The maximum absolute atomic E-state index is 14.3. The van der Waals surface area contributed by atoms with Gasteiger partial charge in [0.25, 0.3) is 5.91 Å². The molecule has 0 radical (unpaired) electrons. The van der Waals surface area contributed by atoms with Crippen LogP contribution in [0.25, 0.3) is 16.0 Å². The number of methoxy groups -OCH3 is 2. The Morgan fingerprint density at radius 3 is 2.63 bits per heavy atom. The number of aromatic nitrogens is 2. The summed E-state index contributed by atoms with van der Waals surface area (Å²) >= 11 is 1.25. The van der Waals surface area contributed by atoms with Gasteiger partial charge in [-0.1, -0.05) is 35.6 Å². The number of para-hydroxylation sites is 3. The van der Waals surface area contributed by atoms with Crippen LogP contribution in [0.2, 0.25) is 0 Å². The summed E-state index contributed by atoms with van der Waals surface area (Å²) in [4.78, 5) is 37.6. The van der Waals surface area contributed by atoms with Crippen molar-refractivity contribution in [1.82, 2.24) is 19.2 Å². The lowest BCUT2D eigenvalue weighted by atomic mass is 9.94. The van der Waals surface area contributed by atoms with Crippen LogP contribution in [-0.2, 0) is 9.53 Å². The summed E-state index contributed by atoms with van der Waals surface area (Å²) in [6, 6.07) is 12.3. The van der Waals surface area contributed by atoms with Gasteiger partial charge in [-0.05, 0) is 31.5 Å². The highest BCUT2D eigenvalue weighted by Crippen LogP contribution is 2.46. The van der Waals surface area contributed by atoms with Crippen molar-refractivity contribution in [2.75, 3.05) is 53.6 Å². The summed E-state index contributed by atoms with van der Waals surface area (Å²) in [7, 11) is 3.06. The van der Waals surface area contributed by atoms with Gasteiger partial charge in [0.1, 0.15) is 0 Å². The minimum Gasteiger partial charge on any atom is -0.503 e. The van der Waals surface area contributed by atoms with Crippen molar-refractivity contribution in [3.8, 4) is 11.5 Å². The van der Waals surface area contributed by atoms with Gasteiger partial charge in [-0.2, -0.15) is 0 Å². The number of carbonyl (C=O) groups is 2. The van der Waals surface area contributed by atoms with E-state index in [1.165, 1.54) is 25.6 Å². The lowest BCUT2D eigenvalue weighted by molar-refractivity contribution is -0.129. The molecule has 11 heteroatoms. The molecule has 2 aliphatic heterocycles. The molecule has 1 atom stereocenters. The van der Waals surface area contributed by atoms with Crippen LogP contribution < -0.4 is 9.47 Å². The molecule has 214 valence electrons. The number of aliphatic hydroxyl groups excluding tert-OH is 1. The van der Waals surface area contributed by atoms with Crippen molar-refractivity contribution in [2.45, 2.75) is 19.4 Å². The van der Waals surface area contributed by atoms with Gasteiger partial charge in [0.15, 0.2) is 22.2 Å². The molecule has 0 spiro atoms. The normalized spacial score (nSPS) is 18.2. The van der Waals surface area contributed by atoms with E-state index in [2.05, 4.69) is 4.90 Å². The van der Waals surface area contributed by atoms with Gasteiger partial charge in [0, 0.05) is 37.4 Å². The molecule has 4 aromatic rings. The average molecular weight is 577 g/mol. The summed E-state index contributed by atoms with van der Waals surface area (Å²) in [5.41, 5.74) is 3.04. The van der Waals surface area contributed by atoms with Crippen LogP contribution in [0.15, 0.2) is 53.8 Å². The van der Waals surface area contributed by atoms with Crippen LogP contribution in [0.5, 0.6) is 11.5 Å². The first-order valence-electron chi connectivity index (χ1n) is 13.6. The summed E-state index contributed by atoms with van der Waals surface area (Å²) < 4.78 is 18.7. The van der Waals surface area contributed by atoms with Gasteiger partial charge in [-0.15, -0.1) is 0 Å². The minimum atomic E-state index is -0.852. The van der Waals surface area contributed by atoms with E-state index in [0.29, 0.717) is 58.8 Å². The molecular weight excluding hydrogens is 544 g/mol. The smallest absolute Gasteiger partial charge is 0.290 e. The Bertz CT molecular complexity index is 1670. The number of benzene rings is 2. The second-order valence-electron chi connectivity index (χ2n) is 10.1. The predicted octanol–water partition coefficient (Wildman–Crippen LogP) is 4.18. The van der Waals surface area contributed by atoms with E-state index in [0.717, 1.165) is 30.7 Å². The topological polar surface area (TPSA) is 106 Å². The molecule has 0 bridgehead atoms. The molecule has 1 amide bonds. The Labute approximate surface area is 241 Å². The Kier molecular flexibility index (Phi) is 7.41. The number of ether oxygens (including phenoxy) is 3. The van der Waals surface area contributed by atoms with Crippen LogP contribution in [-0.4, -0.2) is 89.6 Å². The van der Waals surface area contributed by atoms with E-state index in [1.807, 2.05) is 41.7 Å². The third-order valence-corrected chi connectivity index (χ3v) is 8.99. The number of ketones is 1. The van der Waals surface area contributed by atoms with E-state index >= 15 is 0 Å². The van der Waals surface area contributed by atoms with Gasteiger partial charge in [-0.25, -0.2) is 4.98 Å². The molecule has 1 unspecified atom stereocenters. The minimum absolute atomic E-state index is 0.0323. The second kappa shape index (κ2) is 11.2. The van der Waals surface area contributed by atoms with Gasteiger partial charge in [0.05, 0.1) is 55.0 Å². The van der Waals surface area contributed by atoms with E-state index in [9.17, 15) is 14.7 Å². The highest BCUT2D eigenvalue weighted by atomic mass is 32.1. The lowest BCUT2D eigenvalue weighted by Gasteiger charge is -2.30. The summed E-state index contributed by atoms with van der Waals surface area (Å²) in [6.07, 6.45) is 0.668. The van der Waals surface area contributed by atoms with Crippen LogP contribution >= 0.6 is 11.3 Å². The van der Waals surface area contributed by atoms with Crippen molar-refractivity contribution < 1.29 is 28.9 Å². The molecular formula is C30H32N4O6S. The van der Waals surface area contributed by atoms with E-state index < -0.39 is 23.5 Å². The molecule has 2 aromatic heterocycles. The van der Waals surface area contributed by atoms with Gasteiger partial charge < -0.3 is 24.2 Å². The highest BCUT2D eigenvalue weighted by molar-refractivity contribution is 7.19. The van der Waals surface area contributed by atoms with Crippen molar-refractivity contribution in [3.63, 3.8) is 0 Å². The Balaban J connectivity index is 1.41. The molecule has 1 fully saturated rings. The average Bonchev–Trinajstić information content (AvgIpc) is 3.61. The molecule has 1 N–H and O–H groups in total. The molecule has 2 aliphatic rings. The van der Waals surface area contributed by atoms with Crippen LogP contribution in [0.4, 0.5) is 0 Å². The quantitative estimate of drug-likeness (QED) is 0.296. The molecule has 4 heterocycles. The number of amides is 1. The van der Waals surface area contributed by atoms with Crippen LogP contribution in [0, 0.1) is 6.92 Å². The fourth-order valence-electron chi connectivity index (χ4n) is 5.85. The number of rotatable bonds is 9. The molecule has 0 aliphatic carbocycles. The Morgan fingerprint density at radius 1 is 1.10 bits per heavy atom. The highest BCUT2D eigenvalue weighted by Gasteiger charge is 2.46. The zero-order chi connectivity index (χ0) is 28.7. The number of Topliss-reactive ketones (excluding diaryl/α,β-unsaturated/α-hetero) is 1. The monoisotopic (exact) mass is 576 g/mol. The first-order valence-corrected chi connectivity index (χ1v) is 14.4. The largest absolute Gasteiger partial charge is 0.503 e. The number of hydrogen-bond donors (Lipinski definition) is 1. The summed E-state index contributed by atoms with van der Waals surface area (Å²) in [5.74, 6) is -0.629.